The minimum Gasteiger partial charge on any atom is -0.385 e. The first-order valence-electron chi connectivity index (χ1n) is 6.10. The van der Waals surface area contributed by atoms with E-state index in [9.17, 15) is 5.11 Å². The highest BCUT2D eigenvalue weighted by molar-refractivity contribution is 5.35. The summed E-state index contributed by atoms with van der Waals surface area (Å²) in [6.07, 6.45) is 0. The minimum atomic E-state index is -0.724. The maximum Gasteiger partial charge on any atom is 0.0944 e. The predicted molar refractivity (Wildman–Crippen MR) is 69.5 cm³/mol. The minimum absolute atomic E-state index is 0.217. The lowest BCUT2D eigenvalue weighted by Gasteiger charge is -2.38. The maximum absolute atomic E-state index is 10.9. The lowest BCUT2D eigenvalue weighted by atomic mass is 9.73. The van der Waals surface area contributed by atoms with Gasteiger partial charge in [0.1, 0.15) is 0 Å². The van der Waals surface area contributed by atoms with Crippen LogP contribution < -0.4 is 0 Å². The monoisotopic (exact) mass is 220 g/mol. The SMILES string of the molecule is Cc1ccc(C(O)(C(C)C)C(C)C)c(C)c1. The van der Waals surface area contributed by atoms with Gasteiger partial charge in [0, 0.05) is 0 Å². The Kier molecular flexibility index (Phi) is 3.80. The van der Waals surface area contributed by atoms with Gasteiger partial charge in [-0.25, -0.2) is 0 Å². The van der Waals surface area contributed by atoms with Gasteiger partial charge in [0.05, 0.1) is 5.60 Å². The molecule has 0 aliphatic rings. The number of aryl methyl sites for hydroxylation is 2. The Hall–Kier alpha value is -0.820. The molecule has 0 unspecified atom stereocenters. The molecule has 1 heteroatoms. The molecule has 1 N–H and O–H groups in total. The molecule has 90 valence electrons. The van der Waals surface area contributed by atoms with Crippen LogP contribution >= 0.6 is 0 Å². The van der Waals surface area contributed by atoms with Crippen molar-refractivity contribution in [1.29, 1.82) is 0 Å². The van der Waals surface area contributed by atoms with Crippen LogP contribution in [-0.4, -0.2) is 5.11 Å². The van der Waals surface area contributed by atoms with Crippen LogP contribution in [0.5, 0.6) is 0 Å². The van der Waals surface area contributed by atoms with Crippen LogP contribution in [0.3, 0.4) is 0 Å². The number of hydrogen-bond acceptors (Lipinski definition) is 1. The fourth-order valence-electron chi connectivity index (χ4n) is 2.55. The fraction of sp³-hybridized carbons (Fsp3) is 0.600. The first kappa shape index (κ1) is 13.2. The Balaban J connectivity index is 3.33. The van der Waals surface area contributed by atoms with Crippen molar-refractivity contribution in [2.45, 2.75) is 47.1 Å². The second-order valence-electron chi connectivity index (χ2n) is 5.45. The largest absolute Gasteiger partial charge is 0.385 e. The van der Waals surface area contributed by atoms with Crippen molar-refractivity contribution in [2.24, 2.45) is 11.8 Å². The van der Waals surface area contributed by atoms with Gasteiger partial charge in [-0.05, 0) is 36.8 Å². The van der Waals surface area contributed by atoms with Crippen LogP contribution in [-0.2, 0) is 5.60 Å². The second-order valence-corrected chi connectivity index (χ2v) is 5.45. The summed E-state index contributed by atoms with van der Waals surface area (Å²) in [4.78, 5) is 0. The topological polar surface area (TPSA) is 20.2 Å². The Labute approximate surface area is 99.5 Å². The summed E-state index contributed by atoms with van der Waals surface area (Å²) in [6, 6.07) is 6.30. The highest BCUT2D eigenvalue weighted by atomic mass is 16.3. The predicted octanol–water partition coefficient (Wildman–Crippen LogP) is 3.80. The van der Waals surface area contributed by atoms with Gasteiger partial charge in [0.25, 0.3) is 0 Å². The third kappa shape index (κ3) is 2.15. The summed E-state index contributed by atoms with van der Waals surface area (Å²) < 4.78 is 0. The molecule has 0 aromatic heterocycles. The van der Waals surface area contributed by atoms with Crippen LogP contribution in [0.25, 0.3) is 0 Å². The molecule has 0 fully saturated rings. The molecule has 16 heavy (non-hydrogen) atoms. The van der Waals surface area contributed by atoms with Gasteiger partial charge >= 0.3 is 0 Å². The zero-order chi connectivity index (χ0) is 12.5. The quantitative estimate of drug-likeness (QED) is 0.821. The third-order valence-corrected chi connectivity index (χ3v) is 3.57. The van der Waals surface area contributed by atoms with Gasteiger partial charge in [0.15, 0.2) is 0 Å². The summed E-state index contributed by atoms with van der Waals surface area (Å²) >= 11 is 0. The molecule has 0 saturated carbocycles. The molecule has 1 aromatic rings. The van der Waals surface area contributed by atoms with Gasteiger partial charge in [-0.3, -0.25) is 0 Å². The average molecular weight is 220 g/mol. The molecule has 0 amide bonds. The molecule has 0 bridgehead atoms. The van der Waals surface area contributed by atoms with E-state index in [0.29, 0.717) is 0 Å². The van der Waals surface area contributed by atoms with Crippen molar-refractivity contribution in [1.82, 2.24) is 0 Å². The summed E-state index contributed by atoms with van der Waals surface area (Å²) in [5.41, 5.74) is 2.78. The fourth-order valence-corrected chi connectivity index (χ4v) is 2.55. The molecule has 0 heterocycles. The van der Waals surface area contributed by atoms with Gasteiger partial charge in [-0.15, -0.1) is 0 Å². The smallest absolute Gasteiger partial charge is 0.0944 e. The molecule has 0 spiro atoms. The first-order chi connectivity index (χ1) is 7.30. The van der Waals surface area contributed by atoms with Crippen molar-refractivity contribution >= 4 is 0 Å². The van der Waals surface area contributed by atoms with E-state index in [0.717, 1.165) is 5.56 Å². The Morgan fingerprint density at radius 2 is 1.50 bits per heavy atom. The van der Waals surface area contributed by atoms with E-state index >= 15 is 0 Å². The Morgan fingerprint density at radius 3 is 1.88 bits per heavy atom. The van der Waals surface area contributed by atoms with Gasteiger partial charge in [0.2, 0.25) is 0 Å². The number of hydrogen-bond donors (Lipinski definition) is 1. The third-order valence-electron chi connectivity index (χ3n) is 3.57. The van der Waals surface area contributed by atoms with Crippen molar-refractivity contribution in [3.05, 3.63) is 34.9 Å². The molecule has 0 atom stereocenters. The molecule has 0 aliphatic carbocycles. The molecule has 1 nitrogen and oxygen atoms in total. The first-order valence-corrected chi connectivity index (χ1v) is 6.10. The Morgan fingerprint density at radius 1 is 1.00 bits per heavy atom. The van der Waals surface area contributed by atoms with Crippen LogP contribution in [0, 0.1) is 25.7 Å². The Bertz CT molecular complexity index is 356. The van der Waals surface area contributed by atoms with Crippen molar-refractivity contribution < 1.29 is 5.11 Å². The van der Waals surface area contributed by atoms with Crippen LogP contribution in [0.1, 0.15) is 44.4 Å². The zero-order valence-corrected chi connectivity index (χ0v) is 11.3. The van der Waals surface area contributed by atoms with Crippen molar-refractivity contribution in [3.63, 3.8) is 0 Å². The molecule has 0 saturated heterocycles. The second kappa shape index (κ2) is 4.58. The number of aliphatic hydroxyl groups is 1. The van der Waals surface area contributed by atoms with Crippen molar-refractivity contribution in [2.75, 3.05) is 0 Å². The lowest BCUT2D eigenvalue weighted by molar-refractivity contribution is -0.0536. The van der Waals surface area contributed by atoms with Gasteiger partial charge < -0.3 is 5.11 Å². The van der Waals surface area contributed by atoms with E-state index in [1.165, 1.54) is 11.1 Å². The molecule has 1 rings (SSSR count). The molecular weight excluding hydrogens is 196 g/mol. The maximum atomic E-state index is 10.9. The van der Waals surface area contributed by atoms with Gasteiger partial charge in [-0.1, -0.05) is 51.5 Å². The van der Waals surface area contributed by atoms with E-state index < -0.39 is 5.60 Å². The number of rotatable bonds is 3. The summed E-state index contributed by atoms with van der Waals surface area (Å²) in [5.74, 6) is 0.433. The molecular formula is C15H24O. The summed E-state index contributed by atoms with van der Waals surface area (Å²) in [5, 5.41) is 10.9. The summed E-state index contributed by atoms with van der Waals surface area (Å²) in [7, 11) is 0. The average Bonchev–Trinajstić information content (AvgIpc) is 2.15. The van der Waals surface area contributed by atoms with E-state index in [-0.39, 0.29) is 11.8 Å². The number of benzene rings is 1. The van der Waals surface area contributed by atoms with E-state index in [1.54, 1.807) is 0 Å². The highest BCUT2D eigenvalue weighted by Crippen LogP contribution is 2.38. The summed E-state index contributed by atoms with van der Waals surface area (Å²) in [6.45, 7) is 12.5. The normalized spacial score (nSPS) is 12.6. The zero-order valence-electron chi connectivity index (χ0n) is 11.3. The van der Waals surface area contributed by atoms with Gasteiger partial charge in [-0.2, -0.15) is 0 Å². The molecule has 0 aliphatic heterocycles. The highest BCUT2D eigenvalue weighted by Gasteiger charge is 2.37. The van der Waals surface area contributed by atoms with E-state index in [2.05, 4.69) is 59.7 Å². The lowest BCUT2D eigenvalue weighted by Crippen LogP contribution is -2.38. The molecule has 1 aromatic carbocycles. The van der Waals surface area contributed by atoms with Crippen LogP contribution in [0.4, 0.5) is 0 Å². The molecule has 0 radical (unpaired) electrons. The van der Waals surface area contributed by atoms with E-state index in [1.807, 2.05) is 0 Å². The van der Waals surface area contributed by atoms with Crippen LogP contribution in [0.2, 0.25) is 0 Å². The standard InChI is InChI=1S/C15H24O/c1-10(2)15(16,11(3)4)14-8-7-12(5)9-13(14)6/h7-11,16H,1-6H3. The van der Waals surface area contributed by atoms with Crippen LogP contribution in [0.15, 0.2) is 18.2 Å². The van der Waals surface area contributed by atoms with E-state index in [4.69, 9.17) is 0 Å². The van der Waals surface area contributed by atoms with Crippen molar-refractivity contribution in [3.8, 4) is 0 Å².